The zero-order valence-electron chi connectivity index (χ0n) is 9.85. The van der Waals surface area contributed by atoms with Gasteiger partial charge in [-0.2, -0.15) is 0 Å². The molecule has 0 saturated heterocycles. The fraction of sp³-hybridized carbons (Fsp3) is 0.0714. The Balaban J connectivity index is 2.29. The van der Waals surface area contributed by atoms with Crippen LogP contribution in [0.3, 0.4) is 0 Å². The van der Waals surface area contributed by atoms with Crippen molar-refractivity contribution >= 4 is 17.5 Å². The van der Waals surface area contributed by atoms with Crippen LogP contribution in [0.25, 0.3) is 0 Å². The minimum absolute atomic E-state index is 0.0854. The number of hydrogen-bond donors (Lipinski definition) is 1. The van der Waals surface area contributed by atoms with Gasteiger partial charge in [-0.3, -0.25) is 4.79 Å². The van der Waals surface area contributed by atoms with Gasteiger partial charge in [0.2, 0.25) is 6.10 Å². The van der Waals surface area contributed by atoms with Gasteiger partial charge in [-0.05, 0) is 18.2 Å². The third kappa shape index (κ3) is 3.23. The summed E-state index contributed by atoms with van der Waals surface area (Å²) in [5.74, 6) is -0.921. The van der Waals surface area contributed by atoms with Crippen molar-refractivity contribution in [2.75, 3.05) is 0 Å². The van der Waals surface area contributed by atoms with E-state index in [9.17, 15) is 9.18 Å². The second-order valence-electron chi connectivity index (χ2n) is 3.89. The number of rotatable bonds is 4. The Morgan fingerprint density at radius 2 is 1.89 bits per heavy atom. The molecule has 98 valence electrons. The molecule has 0 aliphatic rings. The normalized spacial score (nSPS) is 11.9. The summed E-state index contributed by atoms with van der Waals surface area (Å²) < 4.78 is 18.4. The molecule has 0 spiro atoms. The van der Waals surface area contributed by atoms with Gasteiger partial charge in [0.25, 0.3) is 5.91 Å². The maximum atomic E-state index is 12.9. The number of carbonyl (C=O) groups is 1. The smallest absolute Gasteiger partial charge is 0.263 e. The largest absolute Gasteiger partial charge is 0.474 e. The van der Waals surface area contributed by atoms with Gasteiger partial charge in [0.15, 0.2) is 0 Å². The summed E-state index contributed by atoms with van der Waals surface area (Å²) in [4.78, 5) is 11.5. The molecular weight excluding hydrogens is 269 g/mol. The first kappa shape index (κ1) is 13.4. The molecule has 1 atom stereocenters. The van der Waals surface area contributed by atoms with E-state index in [1.165, 1.54) is 12.1 Å². The molecule has 5 heteroatoms. The highest BCUT2D eigenvalue weighted by atomic mass is 35.5. The lowest BCUT2D eigenvalue weighted by molar-refractivity contribution is -0.125. The number of benzene rings is 2. The molecule has 0 heterocycles. The van der Waals surface area contributed by atoms with Crippen LogP contribution in [0.5, 0.6) is 5.75 Å². The molecule has 0 aliphatic carbocycles. The summed E-state index contributed by atoms with van der Waals surface area (Å²) in [6, 6.07) is 12.4. The van der Waals surface area contributed by atoms with E-state index in [0.29, 0.717) is 5.56 Å². The average Bonchev–Trinajstić information content (AvgIpc) is 2.38. The lowest BCUT2D eigenvalue weighted by atomic mass is 10.1. The van der Waals surface area contributed by atoms with Crippen LogP contribution in [-0.2, 0) is 4.79 Å². The number of nitrogens with two attached hydrogens (primary N) is 1. The standard InChI is InChI=1S/C14H11ClFNO2/c15-11-8-10(16)6-7-12(11)19-13(14(17)18)9-4-2-1-3-5-9/h1-8,13H,(H2,17,18)/t13-/m0/s1. The minimum Gasteiger partial charge on any atom is -0.474 e. The number of hydrogen-bond acceptors (Lipinski definition) is 2. The Morgan fingerprint density at radius 1 is 1.21 bits per heavy atom. The van der Waals surface area contributed by atoms with E-state index in [2.05, 4.69) is 0 Å². The molecule has 0 bridgehead atoms. The summed E-state index contributed by atoms with van der Waals surface area (Å²) in [6.45, 7) is 0. The molecule has 0 unspecified atom stereocenters. The number of halogens is 2. The number of amides is 1. The van der Waals surface area contributed by atoms with Crippen LogP contribution >= 0.6 is 11.6 Å². The van der Waals surface area contributed by atoms with Gasteiger partial charge in [0.05, 0.1) is 5.02 Å². The summed E-state index contributed by atoms with van der Waals surface area (Å²) in [5.41, 5.74) is 5.92. The monoisotopic (exact) mass is 279 g/mol. The second kappa shape index (κ2) is 5.71. The predicted octanol–water partition coefficient (Wildman–Crippen LogP) is 3.08. The third-order valence-electron chi connectivity index (χ3n) is 2.50. The van der Waals surface area contributed by atoms with Gasteiger partial charge in [-0.15, -0.1) is 0 Å². The van der Waals surface area contributed by atoms with Crippen LogP contribution in [0.1, 0.15) is 11.7 Å². The maximum Gasteiger partial charge on any atom is 0.263 e. The molecule has 1 amide bonds. The molecule has 0 fully saturated rings. The summed E-state index contributed by atoms with van der Waals surface area (Å²) in [6.07, 6.45) is -0.968. The van der Waals surface area contributed by atoms with E-state index in [0.717, 1.165) is 6.07 Å². The average molecular weight is 280 g/mol. The number of ether oxygens (including phenoxy) is 1. The van der Waals surface area contributed by atoms with Crippen molar-refractivity contribution < 1.29 is 13.9 Å². The fourth-order valence-electron chi connectivity index (χ4n) is 1.62. The summed E-state index contributed by atoms with van der Waals surface area (Å²) in [7, 11) is 0. The fourth-order valence-corrected chi connectivity index (χ4v) is 1.83. The van der Waals surface area contributed by atoms with Gasteiger partial charge >= 0.3 is 0 Å². The highest BCUT2D eigenvalue weighted by Gasteiger charge is 2.20. The Kier molecular flexibility index (Phi) is 4.02. The van der Waals surface area contributed by atoms with Crippen LogP contribution in [0.2, 0.25) is 5.02 Å². The topological polar surface area (TPSA) is 52.3 Å². The highest BCUT2D eigenvalue weighted by molar-refractivity contribution is 6.32. The van der Waals surface area contributed by atoms with Gasteiger partial charge in [-0.1, -0.05) is 41.9 Å². The predicted molar refractivity (Wildman–Crippen MR) is 70.4 cm³/mol. The van der Waals surface area contributed by atoms with E-state index < -0.39 is 17.8 Å². The van der Waals surface area contributed by atoms with Gasteiger partial charge in [0, 0.05) is 5.56 Å². The van der Waals surface area contributed by atoms with Crippen molar-refractivity contribution in [3.8, 4) is 5.75 Å². The van der Waals surface area contributed by atoms with Crippen LogP contribution < -0.4 is 10.5 Å². The molecule has 2 rings (SSSR count). The summed E-state index contributed by atoms with van der Waals surface area (Å²) >= 11 is 5.85. The third-order valence-corrected chi connectivity index (χ3v) is 2.79. The van der Waals surface area contributed by atoms with Crippen LogP contribution in [0, 0.1) is 5.82 Å². The lowest BCUT2D eigenvalue weighted by Crippen LogP contribution is -2.26. The first-order chi connectivity index (χ1) is 9.08. The Bertz CT molecular complexity index is 589. The molecule has 2 aromatic rings. The van der Waals surface area contributed by atoms with E-state index >= 15 is 0 Å². The molecule has 3 nitrogen and oxygen atoms in total. The highest BCUT2D eigenvalue weighted by Crippen LogP contribution is 2.29. The van der Waals surface area contributed by atoms with Crippen molar-refractivity contribution in [3.63, 3.8) is 0 Å². The molecule has 0 radical (unpaired) electrons. The molecule has 19 heavy (non-hydrogen) atoms. The van der Waals surface area contributed by atoms with Crippen LogP contribution in [0.15, 0.2) is 48.5 Å². The lowest BCUT2D eigenvalue weighted by Gasteiger charge is -2.17. The van der Waals surface area contributed by atoms with Crippen molar-refractivity contribution in [1.82, 2.24) is 0 Å². The summed E-state index contributed by atoms with van der Waals surface area (Å²) in [5, 5.41) is 0.0854. The van der Waals surface area contributed by atoms with Gasteiger partial charge < -0.3 is 10.5 Å². The van der Waals surface area contributed by atoms with E-state index in [1.54, 1.807) is 24.3 Å². The number of primary amides is 1. The molecule has 0 aromatic heterocycles. The Morgan fingerprint density at radius 3 is 2.47 bits per heavy atom. The van der Waals surface area contributed by atoms with Gasteiger partial charge in [-0.25, -0.2) is 4.39 Å². The van der Waals surface area contributed by atoms with Crippen molar-refractivity contribution in [3.05, 3.63) is 64.9 Å². The molecule has 2 N–H and O–H groups in total. The maximum absolute atomic E-state index is 12.9. The van der Waals surface area contributed by atoms with Crippen LogP contribution in [0.4, 0.5) is 4.39 Å². The first-order valence-electron chi connectivity index (χ1n) is 5.54. The first-order valence-corrected chi connectivity index (χ1v) is 5.91. The van der Waals surface area contributed by atoms with E-state index in [-0.39, 0.29) is 10.8 Å². The minimum atomic E-state index is -0.968. The second-order valence-corrected chi connectivity index (χ2v) is 4.29. The molecule has 0 aliphatic heterocycles. The van der Waals surface area contributed by atoms with Crippen molar-refractivity contribution in [2.45, 2.75) is 6.10 Å². The molecule has 2 aromatic carbocycles. The van der Waals surface area contributed by atoms with E-state index in [4.69, 9.17) is 22.1 Å². The number of carbonyl (C=O) groups excluding carboxylic acids is 1. The van der Waals surface area contributed by atoms with Gasteiger partial charge in [0.1, 0.15) is 11.6 Å². The Labute approximate surface area is 114 Å². The zero-order chi connectivity index (χ0) is 13.8. The van der Waals surface area contributed by atoms with E-state index in [1.807, 2.05) is 6.07 Å². The quantitative estimate of drug-likeness (QED) is 0.935. The Hall–Kier alpha value is -2.07. The van der Waals surface area contributed by atoms with Crippen molar-refractivity contribution in [1.29, 1.82) is 0 Å². The SMILES string of the molecule is NC(=O)[C@@H](Oc1ccc(F)cc1Cl)c1ccccc1. The molecular formula is C14H11ClFNO2. The van der Waals surface area contributed by atoms with Crippen LogP contribution in [-0.4, -0.2) is 5.91 Å². The van der Waals surface area contributed by atoms with Crippen molar-refractivity contribution in [2.24, 2.45) is 5.73 Å². The molecule has 0 saturated carbocycles. The zero-order valence-corrected chi connectivity index (χ0v) is 10.6.